The highest BCUT2D eigenvalue weighted by Crippen LogP contribution is 2.40. The Morgan fingerprint density at radius 3 is 2.77 bits per heavy atom. The standard InChI is InChI=1S/C21H33N3OS/c1-18(26-2)6-12-23-14-9-21(10-15-23)8-5-20(25)24(17-21)13-7-19-4-3-11-22-16-19/h3-4,11,16,18H,5-10,12-15,17H2,1-2H3. The summed E-state index contributed by atoms with van der Waals surface area (Å²) in [6, 6.07) is 4.08. The van der Waals surface area contributed by atoms with Crippen molar-refractivity contribution in [2.24, 2.45) is 5.41 Å². The van der Waals surface area contributed by atoms with Crippen molar-refractivity contribution in [3.63, 3.8) is 0 Å². The number of hydrogen-bond acceptors (Lipinski definition) is 4. The van der Waals surface area contributed by atoms with Crippen LogP contribution >= 0.6 is 11.8 Å². The molecule has 2 fully saturated rings. The Labute approximate surface area is 162 Å². The third-order valence-electron chi connectivity index (χ3n) is 6.31. The van der Waals surface area contributed by atoms with Crippen molar-refractivity contribution < 1.29 is 4.79 Å². The van der Waals surface area contributed by atoms with Gasteiger partial charge >= 0.3 is 0 Å². The lowest BCUT2D eigenvalue weighted by Crippen LogP contribution is -2.52. The van der Waals surface area contributed by atoms with Crippen LogP contribution in [0, 0.1) is 5.41 Å². The van der Waals surface area contributed by atoms with Crippen LogP contribution in [0.1, 0.15) is 44.6 Å². The third-order valence-corrected chi connectivity index (χ3v) is 7.35. The van der Waals surface area contributed by atoms with Gasteiger partial charge in [0.1, 0.15) is 0 Å². The first kappa shape index (κ1) is 19.7. The highest BCUT2D eigenvalue weighted by atomic mass is 32.2. The number of likely N-dealkylation sites (tertiary alicyclic amines) is 2. The molecule has 1 amide bonds. The molecule has 2 saturated heterocycles. The SMILES string of the molecule is CSC(C)CCN1CCC2(CCC(=O)N(CCc3cccnc3)C2)CC1. The monoisotopic (exact) mass is 375 g/mol. The number of nitrogens with zero attached hydrogens (tertiary/aromatic N) is 3. The summed E-state index contributed by atoms with van der Waals surface area (Å²) in [7, 11) is 0. The van der Waals surface area contributed by atoms with Gasteiger partial charge in [0.15, 0.2) is 0 Å². The maximum absolute atomic E-state index is 12.4. The smallest absolute Gasteiger partial charge is 0.222 e. The molecule has 0 N–H and O–H groups in total. The van der Waals surface area contributed by atoms with Crippen molar-refractivity contribution in [1.82, 2.24) is 14.8 Å². The first-order valence-electron chi connectivity index (χ1n) is 10.0. The average Bonchev–Trinajstić information content (AvgIpc) is 2.69. The number of thioether (sulfide) groups is 1. The van der Waals surface area contributed by atoms with E-state index in [-0.39, 0.29) is 0 Å². The van der Waals surface area contributed by atoms with E-state index in [1.165, 1.54) is 44.5 Å². The van der Waals surface area contributed by atoms with Crippen LogP contribution in [0.2, 0.25) is 0 Å². The first-order valence-corrected chi connectivity index (χ1v) is 11.3. The van der Waals surface area contributed by atoms with E-state index < -0.39 is 0 Å². The van der Waals surface area contributed by atoms with Gasteiger partial charge in [-0.25, -0.2) is 0 Å². The maximum atomic E-state index is 12.4. The van der Waals surface area contributed by atoms with Crippen molar-refractivity contribution in [2.75, 3.05) is 39.0 Å². The van der Waals surface area contributed by atoms with E-state index in [1.807, 2.05) is 24.0 Å². The Hall–Kier alpha value is -1.07. The summed E-state index contributed by atoms with van der Waals surface area (Å²) < 4.78 is 0. The second kappa shape index (κ2) is 9.23. The number of hydrogen-bond donors (Lipinski definition) is 0. The van der Waals surface area contributed by atoms with Crippen LogP contribution in [-0.4, -0.2) is 64.9 Å². The van der Waals surface area contributed by atoms with Crippen LogP contribution in [0.4, 0.5) is 0 Å². The molecule has 0 saturated carbocycles. The number of piperidine rings is 2. The molecule has 2 aliphatic rings. The van der Waals surface area contributed by atoms with Gasteiger partial charge in [0.2, 0.25) is 5.91 Å². The molecule has 1 unspecified atom stereocenters. The molecule has 1 aromatic rings. The molecule has 4 nitrogen and oxygen atoms in total. The van der Waals surface area contributed by atoms with Crippen molar-refractivity contribution in [3.8, 4) is 0 Å². The second-order valence-electron chi connectivity index (χ2n) is 8.10. The molecule has 26 heavy (non-hydrogen) atoms. The zero-order valence-electron chi connectivity index (χ0n) is 16.3. The Balaban J connectivity index is 1.49. The number of carbonyl (C=O) groups excluding carboxylic acids is 1. The first-order chi connectivity index (χ1) is 12.6. The van der Waals surface area contributed by atoms with Gasteiger partial charge in [-0.2, -0.15) is 11.8 Å². The average molecular weight is 376 g/mol. The largest absolute Gasteiger partial charge is 0.342 e. The molecule has 0 radical (unpaired) electrons. The molecule has 1 spiro atoms. The van der Waals surface area contributed by atoms with E-state index >= 15 is 0 Å². The minimum absolute atomic E-state index is 0.343. The molecule has 5 heteroatoms. The fourth-order valence-corrected chi connectivity index (χ4v) is 4.60. The zero-order chi connectivity index (χ0) is 18.4. The topological polar surface area (TPSA) is 36.4 Å². The van der Waals surface area contributed by atoms with E-state index in [2.05, 4.69) is 34.0 Å². The number of aromatic nitrogens is 1. The minimum atomic E-state index is 0.343. The summed E-state index contributed by atoms with van der Waals surface area (Å²) in [5.41, 5.74) is 1.59. The lowest BCUT2D eigenvalue weighted by atomic mass is 9.72. The Morgan fingerprint density at radius 1 is 1.27 bits per heavy atom. The maximum Gasteiger partial charge on any atom is 0.222 e. The van der Waals surface area contributed by atoms with Gasteiger partial charge in [-0.3, -0.25) is 9.78 Å². The van der Waals surface area contributed by atoms with Gasteiger partial charge in [0.05, 0.1) is 0 Å². The molecule has 3 heterocycles. The van der Waals surface area contributed by atoms with Crippen molar-refractivity contribution >= 4 is 17.7 Å². The van der Waals surface area contributed by atoms with Crippen LogP contribution in [0.15, 0.2) is 24.5 Å². The van der Waals surface area contributed by atoms with E-state index in [4.69, 9.17) is 0 Å². The van der Waals surface area contributed by atoms with Gasteiger partial charge in [0.25, 0.3) is 0 Å². The van der Waals surface area contributed by atoms with Gasteiger partial charge in [-0.05, 0) is 75.0 Å². The quantitative estimate of drug-likeness (QED) is 0.731. The van der Waals surface area contributed by atoms with Crippen molar-refractivity contribution in [2.45, 2.75) is 50.7 Å². The molecule has 0 bridgehead atoms. The van der Waals surface area contributed by atoms with Crippen LogP contribution in [0.3, 0.4) is 0 Å². The normalized spacial score (nSPS) is 21.9. The van der Waals surface area contributed by atoms with Crippen LogP contribution in [-0.2, 0) is 11.2 Å². The highest BCUT2D eigenvalue weighted by molar-refractivity contribution is 7.99. The van der Waals surface area contributed by atoms with Gasteiger partial charge in [-0.15, -0.1) is 0 Å². The lowest BCUT2D eigenvalue weighted by molar-refractivity contribution is -0.139. The second-order valence-corrected chi connectivity index (χ2v) is 9.38. The molecule has 0 aliphatic carbocycles. The molecule has 1 atom stereocenters. The summed E-state index contributed by atoms with van der Waals surface area (Å²) in [5, 5.41) is 0.751. The molecule has 144 valence electrons. The third kappa shape index (κ3) is 5.23. The Kier molecular flexibility index (Phi) is 6.98. The van der Waals surface area contributed by atoms with Crippen LogP contribution < -0.4 is 0 Å². The Morgan fingerprint density at radius 2 is 2.08 bits per heavy atom. The summed E-state index contributed by atoms with van der Waals surface area (Å²) in [6.07, 6.45) is 12.4. The van der Waals surface area contributed by atoms with Gasteiger partial charge in [0, 0.05) is 37.2 Å². The molecule has 2 aliphatic heterocycles. The van der Waals surface area contributed by atoms with E-state index in [0.29, 0.717) is 11.3 Å². The van der Waals surface area contributed by atoms with E-state index in [9.17, 15) is 4.79 Å². The predicted molar refractivity (Wildman–Crippen MR) is 109 cm³/mol. The van der Waals surface area contributed by atoms with Gasteiger partial charge in [-0.1, -0.05) is 13.0 Å². The molecular formula is C21H33N3OS. The minimum Gasteiger partial charge on any atom is -0.342 e. The summed E-state index contributed by atoms with van der Waals surface area (Å²) in [5.74, 6) is 0.343. The molecule has 3 rings (SSSR count). The predicted octanol–water partition coefficient (Wildman–Crippen LogP) is 3.47. The summed E-state index contributed by atoms with van der Waals surface area (Å²) in [4.78, 5) is 21.4. The summed E-state index contributed by atoms with van der Waals surface area (Å²) in [6.45, 7) is 7.74. The lowest BCUT2D eigenvalue weighted by Gasteiger charge is -2.47. The number of pyridine rings is 1. The molecular weight excluding hydrogens is 342 g/mol. The number of carbonyl (C=O) groups is 1. The number of rotatable bonds is 7. The zero-order valence-corrected chi connectivity index (χ0v) is 17.1. The highest BCUT2D eigenvalue weighted by Gasteiger charge is 2.40. The molecule has 1 aromatic heterocycles. The van der Waals surface area contributed by atoms with E-state index in [1.54, 1.807) is 6.20 Å². The van der Waals surface area contributed by atoms with E-state index in [0.717, 1.165) is 37.6 Å². The Bertz CT molecular complexity index is 572. The fourth-order valence-electron chi connectivity index (χ4n) is 4.26. The fraction of sp³-hybridized carbons (Fsp3) is 0.714. The van der Waals surface area contributed by atoms with Crippen molar-refractivity contribution in [1.29, 1.82) is 0 Å². The van der Waals surface area contributed by atoms with Crippen molar-refractivity contribution in [3.05, 3.63) is 30.1 Å². The van der Waals surface area contributed by atoms with Gasteiger partial charge < -0.3 is 9.80 Å². The molecule has 0 aromatic carbocycles. The van der Waals surface area contributed by atoms with Crippen LogP contribution in [0.25, 0.3) is 0 Å². The van der Waals surface area contributed by atoms with Crippen LogP contribution in [0.5, 0.6) is 0 Å². The number of amides is 1. The summed E-state index contributed by atoms with van der Waals surface area (Å²) >= 11 is 1.96.